The van der Waals surface area contributed by atoms with Crippen LogP contribution in [0.1, 0.15) is 39.5 Å². The van der Waals surface area contributed by atoms with Gasteiger partial charge in [0.2, 0.25) is 0 Å². The van der Waals surface area contributed by atoms with Crippen LogP contribution in [0.5, 0.6) is 0 Å². The lowest BCUT2D eigenvalue weighted by Crippen LogP contribution is -2.14. The molecule has 12 heavy (non-hydrogen) atoms. The molecular formula is C10H22O2. The molecule has 0 amide bonds. The number of unbranched alkanes of at least 4 members (excludes halogenated alkanes) is 3. The van der Waals surface area contributed by atoms with Crippen LogP contribution in [0.15, 0.2) is 0 Å². The van der Waals surface area contributed by atoms with Crippen molar-refractivity contribution in [2.24, 2.45) is 0 Å². The maximum Gasteiger partial charge on any atom is 0.0776 e. The quantitative estimate of drug-likeness (QED) is 0.527. The summed E-state index contributed by atoms with van der Waals surface area (Å²) >= 11 is 0. The number of methoxy groups -OCH3 is 1. The van der Waals surface area contributed by atoms with Gasteiger partial charge in [0.15, 0.2) is 0 Å². The standard InChI is InChI=1S/C10H22O2/c1-4-5-6-7-8-12-9-10(2)11-3/h10H,4-9H2,1-3H3. The van der Waals surface area contributed by atoms with E-state index in [0.29, 0.717) is 0 Å². The van der Waals surface area contributed by atoms with Gasteiger partial charge in [0.05, 0.1) is 12.7 Å². The maximum absolute atomic E-state index is 5.41. The summed E-state index contributed by atoms with van der Waals surface area (Å²) in [5.41, 5.74) is 0. The highest BCUT2D eigenvalue weighted by Crippen LogP contribution is 1.99. The first kappa shape index (κ1) is 11.9. The first-order valence-corrected chi connectivity index (χ1v) is 4.91. The Balaban J connectivity index is 2.90. The molecule has 2 heteroatoms. The zero-order valence-corrected chi connectivity index (χ0v) is 8.64. The van der Waals surface area contributed by atoms with Crippen molar-refractivity contribution in [3.63, 3.8) is 0 Å². The van der Waals surface area contributed by atoms with Gasteiger partial charge < -0.3 is 9.47 Å². The molecule has 0 aromatic heterocycles. The van der Waals surface area contributed by atoms with Crippen molar-refractivity contribution in [2.45, 2.75) is 45.6 Å². The van der Waals surface area contributed by atoms with E-state index in [1.165, 1.54) is 25.7 Å². The van der Waals surface area contributed by atoms with Gasteiger partial charge in [0.25, 0.3) is 0 Å². The van der Waals surface area contributed by atoms with Gasteiger partial charge in [-0.15, -0.1) is 0 Å². The van der Waals surface area contributed by atoms with Gasteiger partial charge in [-0.05, 0) is 13.3 Å². The van der Waals surface area contributed by atoms with Crippen LogP contribution >= 0.6 is 0 Å². The average molecular weight is 174 g/mol. The summed E-state index contributed by atoms with van der Waals surface area (Å²) in [4.78, 5) is 0. The molecule has 1 atom stereocenters. The molecule has 0 saturated heterocycles. The summed E-state index contributed by atoms with van der Waals surface area (Å²) in [6.07, 6.45) is 5.32. The summed E-state index contributed by atoms with van der Waals surface area (Å²) in [6, 6.07) is 0. The van der Waals surface area contributed by atoms with Crippen molar-refractivity contribution in [3.8, 4) is 0 Å². The van der Waals surface area contributed by atoms with E-state index in [9.17, 15) is 0 Å². The Morgan fingerprint density at radius 2 is 1.92 bits per heavy atom. The molecule has 0 spiro atoms. The van der Waals surface area contributed by atoms with Crippen LogP contribution in [0, 0.1) is 0 Å². The van der Waals surface area contributed by atoms with E-state index in [0.717, 1.165) is 13.2 Å². The van der Waals surface area contributed by atoms with Gasteiger partial charge in [0.1, 0.15) is 0 Å². The predicted octanol–water partition coefficient (Wildman–Crippen LogP) is 2.62. The molecule has 0 N–H and O–H groups in total. The van der Waals surface area contributed by atoms with Crippen LogP contribution in [0.2, 0.25) is 0 Å². The van der Waals surface area contributed by atoms with Gasteiger partial charge >= 0.3 is 0 Å². The first-order valence-electron chi connectivity index (χ1n) is 4.91. The van der Waals surface area contributed by atoms with E-state index in [-0.39, 0.29) is 6.10 Å². The van der Waals surface area contributed by atoms with E-state index in [1.807, 2.05) is 6.92 Å². The normalized spacial score (nSPS) is 13.2. The second-order valence-electron chi connectivity index (χ2n) is 3.18. The molecule has 0 bridgehead atoms. The first-order chi connectivity index (χ1) is 5.81. The Morgan fingerprint density at radius 3 is 2.50 bits per heavy atom. The lowest BCUT2D eigenvalue weighted by Gasteiger charge is -2.09. The summed E-state index contributed by atoms with van der Waals surface area (Å²) in [5.74, 6) is 0. The Labute approximate surface area is 76.3 Å². The number of ether oxygens (including phenoxy) is 2. The van der Waals surface area contributed by atoms with Crippen LogP contribution in [-0.2, 0) is 9.47 Å². The fraction of sp³-hybridized carbons (Fsp3) is 1.00. The van der Waals surface area contributed by atoms with Crippen LogP contribution < -0.4 is 0 Å². The summed E-state index contributed by atoms with van der Waals surface area (Å²) in [5, 5.41) is 0. The third-order valence-corrected chi connectivity index (χ3v) is 1.90. The summed E-state index contributed by atoms with van der Waals surface area (Å²) in [7, 11) is 1.71. The van der Waals surface area contributed by atoms with Gasteiger partial charge in [-0.1, -0.05) is 26.2 Å². The lowest BCUT2D eigenvalue weighted by molar-refractivity contribution is 0.0174. The van der Waals surface area contributed by atoms with Crippen LogP contribution in [0.3, 0.4) is 0 Å². The predicted molar refractivity (Wildman–Crippen MR) is 51.4 cm³/mol. The molecule has 1 unspecified atom stereocenters. The highest BCUT2D eigenvalue weighted by atomic mass is 16.5. The molecule has 0 radical (unpaired) electrons. The Morgan fingerprint density at radius 1 is 1.17 bits per heavy atom. The topological polar surface area (TPSA) is 18.5 Å². The zero-order valence-electron chi connectivity index (χ0n) is 8.64. The van der Waals surface area contributed by atoms with Crippen LogP contribution in [0.25, 0.3) is 0 Å². The van der Waals surface area contributed by atoms with E-state index in [1.54, 1.807) is 7.11 Å². The monoisotopic (exact) mass is 174 g/mol. The third kappa shape index (κ3) is 8.02. The van der Waals surface area contributed by atoms with Crippen molar-refractivity contribution in [3.05, 3.63) is 0 Å². The molecule has 0 fully saturated rings. The number of hydrogen-bond acceptors (Lipinski definition) is 2. The number of hydrogen-bond donors (Lipinski definition) is 0. The molecule has 2 nitrogen and oxygen atoms in total. The molecule has 0 saturated carbocycles. The van der Waals surface area contributed by atoms with Crippen molar-refractivity contribution in [1.82, 2.24) is 0 Å². The highest BCUT2D eigenvalue weighted by Gasteiger charge is 1.97. The molecule has 0 aromatic rings. The summed E-state index contributed by atoms with van der Waals surface area (Å²) in [6.45, 7) is 5.84. The lowest BCUT2D eigenvalue weighted by atomic mass is 10.2. The molecule has 0 aliphatic heterocycles. The molecular weight excluding hydrogens is 152 g/mol. The fourth-order valence-corrected chi connectivity index (χ4v) is 0.948. The van der Waals surface area contributed by atoms with Crippen molar-refractivity contribution in [1.29, 1.82) is 0 Å². The zero-order chi connectivity index (χ0) is 9.23. The maximum atomic E-state index is 5.41. The number of rotatable bonds is 8. The SMILES string of the molecule is CCCCCCOCC(C)OC. The minimum absolute atomic E-state index is 0.233. The minimum atomic E-state index is 0.233. The Kier molecular flexibility index (Phi) is 8.95. The minimum Gasteiger partial charge on any atom is -0.379 e. The van der Waals surface area contributed by atoms with Gasteiger partial charge in [0, 0.05) is 13.7 Å². The molecule has 0 heterocycles. The van der Waals surface area contributed by atoms with Gasteiger partial charge in [-0.2, -0.15) is 0 Å². The second kappa shape index (κ2) is 9.01. The third-order valence-electron chi connectivity index (χ3n) is 1.90. The Hall–Kier alpha value is -0.0800. The van der Waals surface area contributed by atoms with E-state index < -0.39 is 0 Å². The van der Waals surface area contributed by atoms with Crippen LogP contribution in [-0.4, -0.2) is 26.4 Å². The van der Waals surface area contributed by atoms with Crippen molar-refractivity contribution >= 4 is 0 Å². The van der Waals surface area contributed by atoms with Crippen molar-refractivity contribution < 1.29 is 9.47 Å². The van der Waals surface area contributed by atoms with Gasteiger partial charge in [-0.25, -0.2) is 0 Å². The molecule has 0 rings (SSSR count). The smallest absolute Gasteiger partial charge is 0.0776 e. The van der Waals surface area contributed by atoms with E-state index >= 15 is 0 Å². The highest BCUT2D eigenvalue weighted by molar-refractivity contribution is 4.45. The molecule has 0 aliphatic carbocycles. The van der Waals surface area contributed by atoms with Gasteiger partial charge in [-0.3, -0.25) is 0 Å². The van der Waals surface area contributed by atoms with E-state index in [4.69, 9.17) is 9.47 Å². The molecule has 0 aliphatic rings. The average Bonchev–Trinajstić information content (AvgIpc) is 2.10. The van der Waals surface area contributed by atoms with Crippen LogP contribution in [0.4, 0.5) is 0 Å². The van der Waals surface area contributed by atoms with Crippen molar-refractivity contribution in [2.75, 3.05) is 20.3 Å². The molecule has 0 aromatic carbocycles. The largest absolute Gasteiger partial charge is 0.379 e. The second-order valence-corrected chi connectivity index (χ2v) is 3.18. The van der Waals surface area contributed by atoms with E-state index in [2.05, 4.69) is 6.92 Å². The summed E-state index contributed by atoms with van der Waals surface area (Å²) < 4.78 is 10.5. The fourth-order valence-electron chi connectivity index (χ4n) is 0.948. The molecule has 74 valence electrons. The Bertz CT molecular complexity index is 83.9.